The highest BCUT2D eigenvalue weighted by atomic mass is 32.2. The minimum atomic E-state index is -3.81. The van der Waals surface area contributed by atoms with Crippen molar-refractivity contribution in [2.75, 3.05) is 19.7 Å². The Kier molecular flexibility index (Phi) is 6.21. The van der Waals surface area contributed by atoms with E-state index in [-0.39, 0.29) is 24.1 Å². The molecule has 1 N–H and O–H groups in total. The number of carbonyl (C=O) groups excluding carboxylic acids is 1. The van der Waals surface area contributed by atoms with Crippen LogP contribution in [0.25, 0.3) is 11.3 Å². The Morgan fingerprint density at radius 1 is 1.29 bits per heavy atom. The average Bonchev–Trinajstić information content (AvgIpc) is 2.74. The van der Waals surface area contributed by atoms with Crippen LogP contribution in [0, 0.1) is 11.3 Å². The number of nitrogens with zero attached hydrogens (tertiary/aromatic N) is 2. The number of hydrogen-bond donors (Lipinski definition) is 1. The molecule has 0 bridgehead atoms. The van der Waals surface area contributed by atoms with Crippen LogP contribution in [-0.4, -0.2) is 49.6 Å². The number of nitrogens with one attached hydrogen (secondary N) is 1. The summed E-state index contributed by atoms with van der Waals surface area (Å²) in [5, 5.41) is 7.23. The summed E-state index contributed by atoms with van der Waals surface area (Å²) in [6.45, 7) is 2.49. The molecule has 0 amide bonds. The van der Waals surface area contributed by atoms with Gasteiger partial charge in [0, 0.05) is 24.9 Å². The largest absolute Gasteiger partial charge is 0.466 e. The minimum absolute atomic E-state index is 0.0364. The number of pyridine rings is 1. The lowest BCUT2D eigenvalue weighted by molar-refractivity contribution is -0.149. The summed E-state index contributed by atoms with van der Waals surface area (Å²) in [6.07, 6.45) is 2.47. The van der Waals surface area contributed by atoms with E-state index in [1.54, 1.807) is 43.3 Å². The first-order chi connectivity index (χ1) is 13.5. The molecule has 0 radical (unpaired) electrons. The van der Waals surface area contributed by atoms with Gasteiger partial charge in [0.25, 0.3) is 10.0 Å². The fourth-order valence-electron chi connectivity index (χ4n) is 3.21. The quantitative estimate of drug-likeness (QED) is 0.592. The molecule has 0 aliphatic carbocycles. The summed E-state index contributed by atoms with van der Waals surface area (Å²) in [5.74, 6) is -0.796. The van der Waals surface area contributed by atoms with Gasteiger partial charge in [-0.05, 0) is 37.5 Å². The van der Waals surface area contributed by atoms with Crippen LogP contribution in [0.2, 0.25) is 0 Å². The third kappa shape index (κ3) is 4.28. The first-order valence-corrected chi connectivity index (χ1v) is 10.6. The molecule has 0 saturated carbocycles. The standard InChI is InChI=1S/C20H23N3O4S/c1-2-27-20(24)17-5-4-12-23(14-17)28(25,26)19-7-3-6-18(22-19)16-10-8-15(13-21)9-11-16/h3,6-11,13,17,21H,2,4-5,12,14H2,1H3. The average molecular weight is 401 g/mol. The third-order valence-corrected chi connectivity index (χ3v) is 6.47. The van der Waals surface area contributed by atoms with Crippen LogP contribution in [0.5, 0.6) is 0 Å². The molecule has 2 aromatic rings. The maximum atomic E-state index is 13.1. The molecule has 0 spiro atoms. The van der Waals surface area contributed by atoms with E-state index in [2.05, 4.69) is 4.98 Å². The summed E-state index contributed by atoms with van der Waals surface area (Å²) in [5.41, 5.74) is 2.06. The Labute approximate surface area is 164 Å². The van der Waals surface area contributed by atoms with Crippen molar-refractivity contribution in [3.8, 4) is 11.3 Å². The molecule has 1 aliphatic rings. The summed E-state index contributed by atoms with van der Waals surface area (Å²) < 4.78 is 32.5. The molecule has 1 saturated heterocycles. The van der Waals surface area contributed by atoms with Crippen LogP contribution in [0.1, 0.15) is 25.3 Å². The van der Waals surface area contributed by atoms with Gasteiger partial charge >= 0.3 is 5.97 Å². The van der Waals surface area contributed by atoms with Crippen LogP contribution in [0.15, 0.2) is 47.5 Å². The van der Waals surface area contributed by atoms with Crippen LogP contribution >= 0.6 is 0 Å². The lowest BCUT2D eigenvalue weighted by Crippen LogP contribution is -2.43. The van der Waals surface area contributed by atoms with Crippen molar-refractivity contribution < 1.29 is 17.9 Å². The topological polar surface area (TPSA) is 100 Å². The van der Waals surface area contributed by atoms with E-state index >= 15 is 0 Å². The summed E-state index contributed by atoms with van der Waals surface area (Å²) in [4.78, 5) is 16.4. The van der Waals surface area contributed by atoms with Crippen molar-refractivity contribution in [1.29, 1.82) is 5.41 Å². The molecule has 7 nitrogen and oxygen atoms in total. The predicted octanol–water partition coefficient (Wildman–Crippen LogP) is 2.71. The van der Waals surface area contributed by atoms with Gasteiger partial charge in [-0.1, -0.05) is 30.3 Å². The Morgan fingerprint density at radius 3 is 2.71 bits per heavy atom. The second kappa shape index (κ2) is 8.62. The van der Waals surface area contributed by atoms with Crippen LogP contribution < -0.4 is 0 Å². The minimum Gasteiger partial charge on any atom is -0.466 e. The zero-order valence-corrected chi connectivity index (χ0v) is 16.5. The molecule has 1 aromatic carbocycles. The van der Waals surface area contributed by atoms with E-state index in [1.165, 1.54) is 16.6 Å². The van der Waals surface area contributed by atoms with Gasteiger partial charge in [0.1, 0.15) is 0 Å². The molecule has 148 valence electrons. The molecular formula is C20H23N3O4S. The summed E-state index contributed by atoms with van der Waals surface area (Å²) in [6, 6.07) is 12.0. The maximum Gasteiger partial charge on any atom is 0.310 e. The number of piperidine rings is 1. The first kappa shape index (κ1) is 20.2. The Balaban J connectivity index is 1.85. The van der Waals surface area contributed by atoms with E-state index in [1.807, 2.05) is 0 Å². The number of carbonyl (C=O) groups is 1. The van der Waals surface area contributed by atoms with Gasteiger partial charge in [-0.3, -0.25) is 4.79 Å². The number of ether oxygens (including phenoxy) is 1. The number of aromatic nitrogens is 1. The van der Waals surface area contributed by atoms with Gasteiger partial charge in [0.05, 0.1) is 18.2 Å². The number of benzene rings is 1. The third-order valence-electron chi connectivity index (χ3n) is 4.70. The Morgan fingerprint density at radius 2 is 2.04 bits per heavy atom. The second-order valence-electron chi connectivity index (χ2n) is 6.58. The zero-order valence-electron chi connectivity index (χ0n) is 15.7. The highest BCUT2D eigenvalue weighted by Gasteiger charge is 2.34. The van der Waals surface area contributed by atoms with Crippen LogP contribution in [0.4, 0.5) is 0 Å². The highest BCUT2D eigenvalue weighted by Crippen LogP contribution is 2.25. The Bertz CT molecular complexity index is 958. The second-order valence-corrected chi connectivity index (χ2v) is 8.47. The lowest BCUT2D eigenvalue weighted by Gasteiger charge is -2.30. The zero-order chi connectivity index (χ0) is 20.1. The fraction of sp³-hybridized carbons (Fsp3) is 0.350. The van der Waals surface area contributed by atoms with Crippen molar-refractivity contribution in [1.82, 2.24) is 9.29 Å². The normalized spacial score (nSPS) is 17.8. The number of esters is 1. The molecule has 1 unspecified atom stereocenters. The number of hydrogen-bond acceptors (Lipinski definition) is 6. The lowest BCUT2D eigenvalue weighted by atomic mass is 10.0. The van der Waals surface area contributed by atoms with Crippen molar-refractivity contribution in [2.45, 2.75) is 24.8 Å². The molecule has 2 heterocycles. The molecule has 1 aromatic heterocycles. The maximum absolute atomic E-state index is 13.1. The van der Waals surface area contributed by atoms with Gasteiger partial charge in [0.15, 0.2) is 5.03 Å². The van der Waals surface area contributed by atoms with E-state index in [4.69, 9.17) is 10.1 Å². The molecule has 1 aliphatic heterocycles. The van der Waals surface area contributed by atoms with Crippen molar-refractivity contribution in [2.24, 2.45) is 5.92 Å². The highest BCUT2D eigenvalue weighted by molar-refractivity contribution is 7.89. The molecule has 8 heteroatoms. The van der Waals surface area contributed by atoms with Crippen molar-refractivity contribution in [3.63, 3.8) is 0 Å². The Hall–Kier alpha value is -2.58. The molecule has 1 fully saturated rings. The van der Waals surface area contributed by atoms with Crippen LogP contribution in [-0.2, 0) is 19.6 Å². The van der Waals surface area contributed by atoms with Crippen molar-refractivity contribution >= 4 is 22.2 Å². The fourth-order valence-corrected chi connectivity index (χ4v) is 4.69. The van der Waals surface area contributed by atoms with Gasteiger partial charge in [0.2, 0.25) is 0 Å². The van der Waals surface area contributed by atoms with Gasteiger partial charge in [-0.25, -0.2) is 13.4 Å². The SMILES string of the molecule is CCOC(=O)C1CCCN(S(=O)(=O)c2cccc(-c3ccc(C=N)cc3)n2)C1. The smallest absolute Gasteiger partial charge is 0.310 e. The van der Waals surface area contributed by atoms with E-state index in [0.717, 1.165) is 11.1 Å². The van der Waals surface area contributed by atoms with E-state index in [9.17, 15) is 13.2 Å². The van der Waals surface area contributed by atoms with E-state index in [0.29, 0.717) is 25.1 Å². The van der Waals surface area contributed by atoms with Crippen LogP contribution in [0.3, 0.4) is 0 Å². The van der Waals surface area contributed by atoms with Gasteiger partial charge in [-0.2, -0.15) is 4.31 Å². The summed E-state index contributed by atoms with van der Waals surface area (Å²) >= 11 is 0. The first-order valence-electron chi connectivity index (χ1n) is 9.20. The molecule has 1 atom stereocenters. The summed E-state index contributed by atoms with van der Waals surface area (Å²) in [7, 11) is -3.81. The van der Waals surface area contributed by atoms with Crippen molar-refractivity contribution in [3.05, 3.63) is 48.0 Å². The predicted molar refractivity (Wildman–Crippen MR) is 106 cm³/mol. The number of sulfonamides is 1. The van der Waals surface area contributed by atoms with Gasteiger partial charge in [-0.15, -0.1) is 0 Å². The number of rotatable bonds is 6. The van der Waals surface area contributed by atoms with E-state index < -0.39 is 15.9 Å². The molecular weight excluding hydrogens is 378 g/mol. The van der Waals surface area contributed by atoms with Gasteiger partial charge < -0.3 is 10.1 Å². The monoisotopic (exact) mass is 401 g/mol. The molecule has 3 rings (SSSR count). The molecule has 28 heavy (non-hydrogen) atoms.